The van der Waals surface area contributed by atoms with E-state index in [1.54, 1.807) is 31.2 Å². The molecule has 0 atom stereocenters. The normalized spacial score (nSPS) is 15.8. The Balaban J connectivity index is 1.60. The predicted molar refractivity (Wildman–Crippen MR) is 105 cm³/mol. The Morgan fingerprint density at radius 3 is 2.62 bits per heavy atom. The first-order valence-corrected chi connectivity index (χ1v) is 10.3. The number of hydrogen-bond acceptors (Lipinski definition) is 5. The van der Waals surface area contributed by atoms with Crippen molar-refractivity contribution in [1.29, 1.82) is 0 Å². The molecular formula is C20H18FN3O4S. The van der Waals surface area contributed by atoms with Gasteiger partial charge in [0.15, 0.2) is 0 Å². The number of pyridine rings is 1. The molecule has 0 bridgehead atoms. The molecule has 29 heavy (non-hydrogen) atoms. The lowest BCUT2D eigenvalue weighted by molar-refractivity contribution is -0.0668. The number of likely N-dealkylation sites (tertiary alicyclic amines) is 1. The molecule has 0 radical (unpaired) electrons. The molecule has 1 saturated heterocycles. The lowest BCUT2D eigenvalue weighted by Gasteiger charge is -2.44. The number of para-hydroxylation sites is 1. The number of nitrogens with one attached hydrogen (secondary N) is 1. The van der Waals surface area contributed by atoms with Crippen molar-refractivity contribution in [2.45, 2.75) is 17.4 Å². The largest absolute Gasteiger partial charge is 0.386 e. The number of halogens is 1. The van der Waals surface area contributed by atoms with E-state index in [1.165, 1.54) is 29.3 Å². The van der Waals surface area contributed by atoms with E-state index in [-0.39, 0.29) is 34.8 Å². The Kier molecular flexibility index (Phi) is 4.51. The molecule has 1 amide bonds. The molecular weight excluding hydrogens is 397 g/mol. The maximum Gasteiger partial charge on any atom is 0.264 e. The maximum atomic E-state index is 14.5. The number of fused-ring (bicyclic) bond motifs is 1. The van der Waals surface area contributed by atoms with Crippen LogP contribution >= 0.6 is 0 Å². The summed E-state index contributed by atoms with van der Waals surface area (Å²) in [7, 11) is -4.10. The number of sulfonamides is 1. The molecule has 2 heterocycles. The van der Waals surface area contributed by atoms with Crippen LogP contribution in [0.2, 0.25) is 0 Å². The van der Waals surface area contributed by atoms with Gasteiger partial charge in [0.05, 0.1) is 29.9 Å². The lowest BCUT2D eigenvalue weighted by atomic mass is 9.96. The van der Waals surface area contributed by atoms with Gasteiger partial charge in [0, 0.05) is 17.1 Å². The van der Waals surface area contributed by atoms with Crippen molar-refractivity contribution in [1.82, 2.24) is 9.88 Å². The van der Waals surface area contributed by atoms with E-state index in [2.05, 4.69) is 9.71 Å². The Hall–Kier alpha value is -3.04. The van der Waals surface area contributed by atoms with Gasteiger partial charge in [-0.15, -0.1) is 0 Å². The number of aromatic nitrogens is 1. The maximum absolute atomic E-state index is 14.5. The molecule has 0 unspecified atom stereocenters. The van der Waals surface area contributed by atoms with Crippen LogP contribution in [0.3, 0.4) is 0 Å². The summed E-state index contributed by atoms with van der Waals surface area (Å²) in [6.07, 6.45) is 1.48. The predicted octanol–water partition coefficient (Wildman–Crippen LogP) is 2.38. The van der Waals surface area contributed by atoms with E-state index in [0.717, 1.165) is 6.07 Å². The van der Waals surface area contributed by atoms with Crippen molar-refractivity contribution in [3.63, 3.8) is 0 Å². The summed E-state index contributed by atoms with van der Waals surface area (Å²) in [5, 5.41) is 10.4. The van der Waals surface area contributed by atoms with E-state index in [0.29, 0.717) is 5.39 Å². The molecule has 7 nitrogen and oxygen atoms in total. The molecule has 0 aliphatic carbocycles. The lowest BCUT2D eigenvalue weighted by Crippen LogP contribution is -2.61. The fourth-order valence-corrected chi connectivity index (χ4v) is 4.57. The summed E-state index contributed by atoms with van der Waals surface area (Å²) in [5.74, 6) is -1.30. The number of aliphatic hydroxyl groups is 1. The van der Waals surface area contributed by atoms with Gasteiger partial charge in [-0.3, -0.25) is 14.5 Å². The summed E-state index contributed by atoms with van der Waals surface area (Å²) < 4.78 is 42.4. The number of anilines is 1. The third-order valence-electron chi connectivity index (χ3n) is 4.70. The molecule has 9 heteroatoms. The summed E-state index contributed by atoms with van der Waals surface area (Å²) >= 11 is 0. The second kappa shape index (κ2) is 6.78. The summed E-state index contributed by atoms with van der Waals surface area (Å²) in [5.41, 5.74) is -0.853. The molecule has 2 aromatic carbocycles. The Labute approximate surface area is 166 Å². The van der Waals surface area contributed by atoms with Gasteiger partial charge in [-0.1, -0.05) is 18.2 Å². The first-order valence-electron chi connectivity index (χ1n) is 8.84. The molecule has 1 aliphatic heterocycles. The van der Waals surface area contributed by atoms with Gasteiger partial charge < -0.3 is 10.0 Å². The van der Waals surface area contributed by atoms with Crippen LogP contribution in [0.5, 0.6) is 0 Å². The van der Waals surface area contributed by atoms with Crippen LogP contribution in [-0.4, -0.2) is 48.0 Å². The number of hydrogen-bond donors (Lipinski definition) is 2. The number of carbonyl (C=O) groups excluding carboxylic acids is 1. The molecule has 150 valence electrons. The van der Waals surface area contributed by atoms with Crippen LogP contribution in [0.4, 0.5) is 10.1 Å². The SMILES string of the molecule is CC1(O)CN(C(=O)c2ccc(NS(=O)(=O)c3cccc4cccnc34)c(F)c2)C1. The van der Waals surface area contributed by atoms with Gasteiger partial charge >= 0.3 is 0 Å². The average Bonchev–Trinajstić information content (AvgIpc) is 2.66. The number of benzene rings is 2. The minimum absolute atomic E-state index is 0.0713. The standard InChI is InChI=1S/C20H18FN3O4S/c1-20(26)11-24(12-20)19(25)14-7-8-16(15(21)10-14)23-29(27,28)17-6-2-4-13-5-3-9-22-18(13)17/h2-10,23,26H,11-12H2,1H3. The zero-order valence-corrected chi connectivity index (χ0v) is 16.3. The van der Waals surface area contributed by atoms with Gasteiger partial charge in [0.25, 0.3) is 15.9 Å². The first kappa shape index (κ1) is 19.3. The number of rotatable bonds is 4. The van der Waals surface area contributed by atoms with Crippen molar-refractivity contribution in [2.75, 3.05) is 17.8 Å². The van der Waals surface area contributed by atoms with E-state index in [9.17, 15) is 22.7 Å². The van der Waals surface area contributed by atoms with Crippen molar-refractivity contribution < 1.29 is 22.7 Å². The second-order valence-electron chi connectivity index (χ2n) is 7.29. The highest BCUT2D eigenvalue weighted by Gasteiger charge is 2.39. The van der Waals surface area contributed by atoms with E-state index in [4.69, 9.17) is 0 Å². The quantitative estimate of drug-likeness (QED) is 0.682. The monoisotopic (exact) mass is 415 g/mol. The molecule has 0 spiro atoms. The van der Waals surface area contributed by atoms with Crippen molar-refractivity contribution in [3.8, 4) is 0 Å². The van der Waals surface area contributed by atoms with Gasteiger partial charge in [0.1, 0.15) is 10.7 Å². The van der Waals surface area contributed by atoms with Crippen LogP contribution < -0.4 is 4.72 Å². The van der Waals surface area contributed by atoms with Gasteiger partial charge in [-0.05, 0) is 37.3 Å². The Morgan fingerprint density at radius 2 is 1.93 bits per heavy atom. The van der Waals surface area contributed by atoms with E-state index < -0.39 is 27.3 Å². The van der Waals surface area contributed by atoms with Gasteiger partial charge in [-0.25, -0.2) is 12.8 Å². The van der Waals surface area contributed by atoms with Crippen LogP contribution in [0, 0.1) is 5.82 Å². The van der Waals surface area contributed by atoms with E-state index >= 15 is 0 Å². The molecule has 0 saturated carbocycles. The smallest absolute Gasteiger partial charge is 0.264 e. The highest BCUT2D eigenvalue weighted by atomic mass is 32.2. The highest BCUT2D eigenvalue weighted by molar-refractivity contribution is 7.93. The first-order chi connectivity index (χ1) is 13.7. The van der Waals surface area contributed by atoms with Crippen molar-refractivity contribution >= 4 is 32.5 Å². The average molecular weight is 415 g/mol. The van der Waals surface area contributed by atoms with Crippen LogP contribution in [0.1, 0.15) is 17.3 Å². The topological polar surface area (TPSA) is 99.6 Å². The van der Waals surface area contributed by atoms with Crippen LogP contribution in [0.25, 0.3) is 10.9 Å². The Bertz CT molecular complexity index is 1210. The molecule has 1 aliphatic rings. The molecule has 3 aromatic rings. The fourth-order valence-electron chi connectivity index (χ4n) is 3.33. The van der Waals surface area contributed by atoms with Crippen LogP contribution in [0.15, 0.2) is 59.6 Å². The summed E-state index contributed by atoms with van der Waals surface area (Å²) in [4.78, 5) is 17.8. The Morgan fingerprint density at radius 1 is 1.21 bits per heavy atom. The summed E-state index contributed by atoms with van der Waals surface area (Å²) in [6.45, 7) is 1.93. The zero-order chi connectivity index (χ0) is 20.8. The van der Waals surface area contributed by atoms with Gasteiger partial charge in [-0.2, -0.15) is 0 Å². The third-order valence-corrected chi connectivity index (χ3v) is 6.09. The molecule has 1 aromatic heterocycles. The number of nitrogens with zero attached hydrogens (tertiary/aromatic N) is 2. The number of β-amino-alcohol motifs (C(OH)–C–C–N with tert-alkyl or cyclic N) is 1. The molecule has 4 rings (SSSR count). The van der Waals surface area contributed by atoms with Crippen molar-refractivity contribution in [3.05, 3.63) is 66.1 Å². The third kappa shape index (κ3) is 3.66. The van der Waals surface area contributed by atoms with Crippen LogP contribution in [-0.2, 0) is 10.0 Å². The highest BCUT2D eigenvalue weighted by Crippen LogP contribution is 2.27. The van der Waals surface area contributed by atoms with Crippen molar-refractivity contribution in [2.24, 2.45) is 0 Å². The van der Waals surface area contributed by atoms with E-state index in [1.807, 2.05) is 0 Å². The minimum Gasteiger partial charge on any atom is -0.386 e. The molecule has 2 N–H and O–H groups in total. The minimum atomic E-state index is -4.10. The number of amides is 1. The van der Waals surface area contributed by atoms with Gasteiger partial charge in [0.2, 0.25) is 0 Å². The molecule has 1 fully saturated rings. The second-order valence-corrected chi connectivity index (χ2v) is 8.94. The zero-order valence-electron chi connectivity index (χ0n) is 15.5. The fraction of sp³-hybridized carbons (Fsp3) is 0.200. The summed E-state index contributed by atoms with van der Waals surface area (Å²) in [6, 6.07) is 11.7. The number of carbonyl (C=O) groups is 1.